The van der Waals surface area contributed by atoms with Gasteiger partial charge in [0.15, 0.2) is 0 Å². The summed E-state index contributed by atoms with van der Waals surface area (Å²) in [5.74, 6) is 0. The Hall–Kier alpha value is -1.09. The molecule has 0 fully saturated rings. The van der Waals surface area contributed by atoms with Crippen molar-refractivity contribution in [3.05, 3.63) is 42.2 Å². The molecule has 1 aromatic rings. The van der Waals surface area contributed by atoms with Gasteiger partial charge >= 0.3 is 0 Å². The number of rotatable bonds is 0. The highest BCUT2D eigenvalue weighted by atomic mass is 79.9. The molecule has 0 unspecified atom stereocenters. The number of benzene rings is 1. The molecule has 0 amide bonds. The summed E-state index contributed by atoms with van der Waals surface area (Å²) in [5.41, 5.74) is 2.22. The van der Waals surface area contributed by atoms with Crippen molar-refractivity contribution in [2.24, 2.45) is 4.99 Å². The smallest absolute Gasteiger partial charge is 0.0469 e. The third kappa shape index (κ3) is 1.74. The molecule has 1 aliphatic heterocycles. The van der Waals surface area contributed by atoms with Gasteiger partial charge in [-0.05, 0) is 6.07 Å². The molecule has 0 bridgehead atoms. The second kappa shape index (κ2) is 4.07. The Balaban J connectivity index is 0.000000720. The lowest BCUT2D eigenvalue weighted by molar-refractivity contribution is 1.55. The summed E-state index contributed by atoms with van der Waals surface area (Å²) in [6.45, 7) is 0. The maximum Gasteiger partial charge on any atom is 0.0469 e. The monoisotopic (exact) mass is 224 g/mol. The average Bonchev–Trinajstić information content (AvgIpc) is 2.28. The number of fused-ring (bicyclic) bond motifs is 1. The molecule has 12 heavy (non-hydrogen) atoms. The number of hydrogen-bond donors (Lipinski definition) is 1. The third-order valence-electron chi connectivity index (χ3n) is 1.57. The zero-order chi connectivity index (χ0) is 7.52. The first-order valence-corrected chi connectivity index (χ1v) is 3.50. The first-order chi connectivity index (χ1) is 5.47. The van der Waals surface area contributed by atoms with Crippen LogP contribution in [0, 0.1) is 0 Å². The van der Waals surface area contributed by atoms with E-state index in [1.165, 1.54) is 0 Å². The van der Waals surface area contributed by atoms with Gasteiger partial charge < -0.3 is 5.32 Å². The molecule has 0 aliphatic carbocycles. The predicted octanol–water partition coefficient (Wildman–Crippen LogP) is 2.58. The van der Waals surface area contributed by atoms with E-state index < -0.39 is 0 Å². The van der Waals surface area contributed by atoms with Gasteiger partial charge in [-0.1, -0.05) is 18.2 Å². The summed E-state index contributed by atoms with van der Waals surface area (Å²) in [6, 6.07) is 8.05. The lowest BCUT2D eigenvalue weighted by Crippen LogP contribution is -1.89. The molecule has 1 N–H and O–H groups in total. The molecule has 0 atom stereocenters. The van der Waals surface area contributed by atoms with Crippen LogP contribution in [0.1, 0.15) is 5.56 Å². The van der Waals surface area contributed by atoms with Crippen LogP contribution in [0.2, 0.25) is 0 Å². The van der Waals surface area contributed by atoms with Gasteiger partial charge in [0.1, 0.15) is 0 Å². The maximum atomic E-state index is 4.04. The van der Waals surface area contributed by atoms with Gasteiger partial charge in [0, 0.05) is 29.9 Å². The largest absolute Gasteiger partial charge is 0.360 e. The number of anilines is 1. The van der Waals surface area contributed by atoms with Gasteiger partial charge in [0.2, 0.25) is 0 Å². The minimum Gasteiger partial charge on any atom is -0.360 e. The van der Waals surface area contributed by atoms with Gasteiger partial charge in [-0.3, -0.25) is 4.99 Å². The number of nitrogens with zero attached hydrogens (tertiary/aromatic N) is 1. The van der Waals surface area contributed by atoms with E-state index in [0.29, 0.717) is 0 Å². The highest BCUT2D eigenvalue weighted by Crippen LogP contribution is 2.13. The molecular formula is C9H9BrN2. The van der Waals surface area contributed by atoms with E-state index in [-0.39, 0.29) is 17.0 Å². The van der Waals surface area contributed by atoms with Crippen molar-refractivity contribution in [2.45, 2.75) is 0 Å². The molecule has 3 heteroatoms. The fourth-order valence-electron chi connectivity index (χ4n) is 1.03. The Morgan fingerprint density at radius 2 is 2.00 bits per heavy atom. The summed E-state index contributed by atoms with van der Waals surface area (Å²) in [7, 11) is 0. The molecule has 2 rings (SSSR count). The van der Waals surface area contributed by atoms with Crippen LogP contribution in [-0.4, -0.2) is 6.21 Å². The SMILES string of the molecule is Br.C1=CNc2ccccc2C=N1. The van der Waals surface area contributed by atoms with Crippen molar-refractivity contribution in [2.75, 3.05) is 5.32 Å². The molecule has 62 valence electrons. The number of aliphatic imine (C=N–C) groups is 1. The standard InChI is InChI=1S/C9H8N2.BrH/c1-2-4-9-8(3-1)7-10-5-6-11-9;/h1-7,11H;1H. The lowest BCUT2D eigenvalue weighted by atomic mass is 10.2. The number of hydrogen-bond acceptors (Lipinski definition) is 2. The van der Waals surface area contributed by atoms with Crippen molar-refractivity contribution < 1.29 is 0 Å². The van der Waals surface area contributed by atoms with Crippen LogP contribution in [0.25, 0.3) is 0 Å². The second-order valence-electron chi connectivity index (χ2n) is 2.33. The van der Waals surface area contributed by atoms with Crippen molar-refractivity contribution in [1.29, 1.82) is 0 Å². The van der Waals surface area contributed by atoms with Crippen molar-refractivity contribution in [3.63, 3.8) is 0 Å². The van der Waals surface area contributed by atoms with E-state index in [1.807, 2.05) is 36.7 Å². The molecule has 0 spiro atoms. The summed E-state index contributed by atoms with van der Waals surface area (Å²) in [4.78, 5) is 4.04. The van der Waals surface area contributed by atoms with E-state index in [4.69, 9.17) is 0 Å². The van der Waals surface area contributed by atoms with Crippen molar-refractivity contribution >= 4 is 28.9 Å². The first kappa shape index (κ1) is 9.00. The minimum atomic E-state index is 0. The van der Waals surface area contributed by atoms with Crippen molar-refractivity contribution in [1.82, 2.24) is 0 Å². The fourth-order valence-corrected chi connectivity index (χ4v) is 1.03. The third-order valence-corrected chi connectivity index (χ3v) is 1.57. The molecule has 1 heterocycles. The number of para-hydroxylation sites is 1. The highest BCUT2D eigenvalue weighted by molar-refractivity contribution is 8.93. The molecule has 1 aromatic carbocycles. The Morgan fingerprint density at radius 1 is 1.17 bits per heavy atom. The van der Waals surface area contributed by atoms with Crippen LogP contribution in [0.4, 0.5) is 5.69 Å². The quantitative estimate of drug-likeness (QED) is 0.720. The number of nitrogens with one attached hydrogen (secondary N) is 1. The van der Waals surface area contributed by atoms with Crippen LogP contribution >= 0.6 is 17.0 Å². The zero-order valence-corrected chi connectivity index (χ0v) is 8.11. The normalized spacial score (nSPS) is 12.3. The van der Waals surface area contributed by atoms with Crippen LogP contribution in [0.15, 0.2) is 41.7 Å². The van der Waals surface area contributed by atoms with E-state index in [0.717, 1.165) is 11.3 Å². The van der Waals surface area contributed by atoms with Crippen LogP contribution in [0.3, 0.4) is 0 Å². The molecule has 0 saturated carbocycles. The van der Waals surface area contributed by atoms with Gasteiger partial charge in [0.25, 0.3) is 0 Å². The highest BCUT2D eigenvalue weighted by Gasteiger charge is 1.96. The lowest BCUT2D eigenvalue weighted by Gasteiger charge is -2.01. The molecule has 0 saturated heterocycles. The summed E-state index contributed by atoms with van der Waals surface area (Å²) in [5, 5.41) is 3.12. The van der Waals surface area contributed by atoms with Crippen LogP contribution < -0.4 is 5.32 Å². The van der Waals surface area contributed by atoms with Crippen LogP contribution in [-0.2, 0) is 0 Å². The molecule has 0 aromatic heterocycles. The van der Waals surface area contributed by atoms with Gasteiger partial charge in [0.05, 0.1) is 0 Å². The van der Waals surface area contributed by atoms with Gasteiger partial charge in [-0.15, -0.1) is 17.0 Å². The van der Waals surface area contributed by atoms with Gasteiger partial charge in [-0.25, -0.2) is 0 Å². The molecule has 0 radical (unpaired) electrons. The van der Waals surface area contributed by atoms with E-state index in [1.54, 1.807) is 6.20 Å². The molecular weight excluding hydrogens is 216 g/mol. The topological polar surface area (TPSA) is 24.4 Å². The number of halogens is 1. The van der Waals surface area contributed by atoms with E-state index >= 15 is 0 Å². The predicted molar refractivity (Wildman–Crippen MR) is 57.1 cm³/mol. The van der Waals surface area contributed by atoms with Crippen LogP contribution in [0.5, 0.6) is 0 Å². The van der Waals surface area contributed by atoms with E-state index in [2.05, 4.69) is 10.3 Å². The minimum absolute atomic E-state index is 0. The average molecular weight is 225 g/mol. The summed E-state index contributed by atoms with van der Waals surface area (Å²) >= 11 is 0. The second-order valence-corrected chi connectivity index (χ2v) is 2.33. The zero-order valence-electron chi connectivity index (χ0n) is 6.40. The Morgan fingerprint density at radius 3 is 2.92 bits per heavy atom. The van der Waals surface area contributed by atoms with Gasteiger partial charge in [-0.2, -0.15) is 0 Å². The molecule has 2 nitrogen and oxygen atoms in total. The first-order valence-electron chi connectivity index (χ1n) is 3.50. The summed E-state index contributed by atoms with van der Waals surface area (Å²) in [6.07, 6.45) is 5.40. The van der Waals surface area contributed by atoms with Crippen molar-refractivity contribution in [3.8, 4) is 0 Å². The molecule has 1 aliphatic rings. The Kier molecular flexibility index (Phi) is 3.05. The maximum absolute atomic E-state index is 4.04. The fraction of sp³-hybridized carbons (Fsp3) is 0. The van der Waals surface area contributed by atoms with E-state index in [9.17, 15) is 0 Å². The Bertz CT molecular complexity index is 318. The Labute approximate surface area is 81.8 Å². The summed E-state index contributed by atoms with van der Waals surface area (Å²) < 4.78 is 0.